The van der Waals surface area contributed by atoms with Gasteiger partial charge in [0.2, 0.25) is 0 Å². The van der Waals surface area contributed by atoms with Crippen molar-refractivity contribution in [1.82, 2.24) is 15.1 Å². The summed E-state index contributed by atoms with van der Waals surface area (Å²) in [6.07, 6.45) is 3.67. The number of carboxylic acid groups (broad SMARTS) is 1. The molecule has 2 N–H and O–H groups in total. The van der Waals surface area contributed by atoms with Crippen LogP contribution < -0.4 is 10.1 Å². The molecule has 0 spiro atoms. The summed E-state index contributed by atoms with van der Waals surface area (Å²) in [4.78, 5) is 22.5. The number of aromatic nitrogens is 2. The Morgan fingerprint density at radius 1 is 1.30 bits per heavy atom. The summed E-state index contributed by atoms with van der Waals surface area (Å²) in [5.74, 6) is -0.322. The van der Waals surface area contributed by atoms with Crippen molar-refractivity contribution < 1.29 is 19.4 Å². The molecule has 1 aromatic heterocycles. The number of amides is 1. The molecule has 0 bridgehead atoms. The van der Waals surface area contributed by atoms with E-state index in [1.807, 2.05) is 24.3 Å². The fourth-order valence-electron chi connectivity index (χ4n) is 2.03. The minimum atomic E-state index is -0.897. The predicted octanol–water partition coefficient (Wildman–Crippen LogP) is 1.34. The molecule has 0 unspecified atom stereocenters. The molecular weight excluding hydrogens is 298 g/mol. The second-order valence-electron chi connectivity index (χ2n) is 4.99. The first-order valence-corrected chi connectivity index (χ1v) is 7.24. The molecule has 0 aliphatic carbocycles. The van der Waals surface area contributed by atoms with Crippen LogP contribution in [0.3, 0.4) is 0 Å². The number of hydrogen-bond donors (Lipinski definition) is 2. The van der Waals surface area contributed by atoms with Crippen LogP contribution in [0.4, 0.5) is 0 Å². The van der Waals surface area contributed by atoms with Crippen molar-refractivity contribution in [1.29, 1.82) is 0 Å². The molecule has 0 aliphatic heterocycles. The standard InChI is InChI=1S/C16H19N3O4/c1-23-14-4-2-12(3-5-14)6-8-17-16(22)13-10-18-19(11-13)9-7-15(20)21/h2-5,10-11H,6-9H2,1H3,(H,17,22)(H,20,21). The largest absolute Gasteiger partial charge is 0.497 e. The van der Waals surface area contributed by atoms with Gasteiger partial charge < -0.3 is 15.2 Å². The third kappa shape index (κ3) is 5.14. The number of nitrogens with zero attached hydrogens (tertiary/aromatic N) is 2. The normalized spacial score (nSPS) is 10.3. The van der Waals surface area contributed by atoms with Gasteiger partial charge in [-0.05, 0) is 24.1 Å². The Balaban J connectivity index is 1.78. The highest BCUT2D eigenvalue weighted by atomic mass is 16.5. The van der Waals surface area contributed by atoms with Gasteiger partial charge in [-0.2, -0.15) is 5.10 Å². The molecule has 23 heavy (non-hydrogen) atoms. The molecule has 0 saturated heterocycles. The van der Waals surface area contributed by atoms with Crippen molar-refractivity contribution >= 4 is 11.9 Å². The van der Waals surface area contributed by atoms with Crippen LogP contribution in [0.15, 0.2) is 36.7 Å². The molecule has 0 atom stereocenters. The van der Waals surface area contributed by atoms with Gasteiger partial charge in [0.15, 0.2) is 0 Å². The number of carbonyl (C=O) groups is 2. The molecule has 1 amide bonds. The van der Waals surface area contributed by atoms with E-state index in [1.54, 1.807) is 13.3 Å². The lowest BCUT2D eigenvalue weighted by Crippen LogP contribution is -2.25. The Kier molecular flexibility index (Phi) is 5.74. The topological polar surface area (TPSA) is 93.5 Å². The first-order chi connectivity index (χ1) is 11.1. The first kappa shape index (κ1) is 16.5. The maximum atomic E-state index is 12.0. The monoisotopic (exact) mass is 317 g/mol. The van der Waals surface area contributed by atoms with Gasteiger partial charge in [-0.1, -0.05) is 12.1 Å². The Hall–Kier alpha value is -2.83. The van der Waals surface area contributed by atoms with E-state index in [-0.39, 0.29) is 18.9 Å². The maximum absolute atomic E-state index is 12.0. The second kappa shape index (κ2) is 7.98. The summed E-state index contributed by atoms with van der Waals surface area (Å²) in [7, 11) is 1.62. The van der Waals surface area contributed by atoms with Gasteiger partial charge in [-0.15, -0.1) is 0 Å². The zero-order valence-corrected chi connectivity index (χ0v) is 12.9. The molecule has 7 nitrogen and oxygen atoms in total. The van der Waals surface area contributed by atoms with Gasteiger partial charge in [0.25, 0.3) is 5.91 Å². The third-order valence-corrected chi connectivity index (χ3v) is 3.31. The van der Waals surface area contributed by atoms with E-state index in [1.165, 1.54) is 10.9 Å². The average Bonchev–Trinajstić information content (AvgIpc) is 3.02. The number of nitrogens with one attached hydrogen (secondary N) is 1. The number of ether oxygens (including phenoxy) is 1. The number of carboxylic acids is 1. The molecule has 2 rings (SSSR count). The smallest absolute Gasteiger partial charge is 0.305 e. The van der Waals surface area contributed by atoms with Gasteiger partial charge in [-0.3, -0.25) is 14.3 Å². The number of carbonyl (C=O) groups excluding carboxylic acids is 1. The van der Waals surface area contributed by atoms with Crippen LogP contribution >= 0.6 is 0 Å². The summed E-state index contributed by atoms with van der Waals surface area (Å²) in [6.45, 7) is 0.750. The Labute approximate surface area is 133 Å². The van der Waals surface area contributed by atoms with Gasteiger partial charge in [-0.25, -0.2) is 0 Å². The van der Waals surface area contributed by atoms with E-state index >= 15 is 0 Å². The predicted molar refractivity (Wildman–Crippen MR) is 83.5 cm³/mol. The maximum Gasteiger partial charge on any atom is 0.305 e. The van der Waals surface area contributed by atoms with E-state index in [0.29, 0.717) is 18.5 Å². The van der Waals surface area contributed by atoms with Gasteiger partial charge >= 0.3 is 5.97 Å². The Morgan fingerprint density at radius 3 is 2.70 bits per heavy atom. The lowest BCUT2D eigenvalue weighted by Gasteiger charge is -2.05. The van der Waals surface area contributed by atoms with Crippen LogP contribution in [0.1, 0.15) is 22.3 Å². The Morgan fingerprint density at radius 2 is 2.04 bits per heavy atom. The molecule has 1 heterocycles. The molecule has 0 fully saturated rings. The SMILES string of the molecule is COc1ccc(CCNC(=O)c2cnn(CCC(=O)O)c2)cc1. The number of rotatable bonds is 8. The van der Waals surface area contributed by atoms with E-state index in [0.717, 1.165) is 11.3 Å². The molecule has 7 heteroatoms. The van der Waals surface area contributed by atoms with Crippen molar-refractivity contribution in [3.63, 3.8) is 0 Å². The van der Waals surface area contributed by atoms with Crippen LogP contribution in [-0.4, -0.2) is 40.4 Å². The quantitative estimate of drug-likeness (QED) is 0.766. The van der Waals surface area contributed by atoms with E-state index in [9.17, 15) is 9.59 Å². The van der Waals surface area contributed by atoms with E-state index in [2.05, 4.69) is 10.4 Å². The van der Waals surface area contributed by atoms with Crippen LogP contribution in [0, 0.1) is 0 Å². The van der Waals surface area contributed by atoms with Crippen LogP contribution in [-0.2, 0) is 17.8 Å². The Bertz CT molecular complexity index is 664. The van der Waals surface area contributed by atoms with Crippen molar-refractivity contribution in [3.8, 4) is 5.75 Å². The zero-order valence-electron chi connectivity index (χ0n) is 12.9. The summed E-state index contributed by atoms with van der Waals surface area (Å²) in [6, 6.07) is 7.66. The summed E-state index contributed by atoms with van der Waals surface area (Å²) >= 11 is 0. The molecule has 2 aromatic rings. The van der Waals surface area contributed by atoms with Gasteiger partial charge in [0, 0.05) is 12.7 Å². The van der Waals surface area contributed by atoms with Crippen LogP contribution in [0.25, 0.3) is 0 Å². The summed E-state index contributed by atoms with van der Waals surface area (Å²) < 4.78 is 6.54. The highest BCUT2D eigenvalue weighted by Crippen LogP contribution is 2.11. The molecule has 1 aromatic carbocycles. The highest BCUT2D eigenvalue weighted by Gasteiger charge is 2.08. The average molecular weight is 317 g/mol. The molecule has 0 saturated carbocycles. The third-order valence-electron chi connectivity index (χ3n) is 3.31. The minimum absolute atomic E-state index is 0.0276. The van der Waals surface area contributed by atoms with Gasteiger partial charge in [0.05, 0.1) is 31.8 Å². The van der Waals surface area contributed by atoms with Gasteiger partial charge in [0.1, 0.15) is 5.75 Å². The first-order valence-electron chi connectivity index (χ1n) is 7.24. The van der Waals surface area contributed by atoms with Crippen LogP contribution in [0.2, 0.25) is 0 Å². The van der Waals surface area contributed by atoms with Crippen LogP contribution in [0.5, 0.6) is 5.75 Å². The lowest BCUT2D eigenvalue weighted by atomic mass is 10.1. The summed E-state index contributed by atoms with van der Waals surface area (Å²) in [5.41, 5.74) is 1.52. The summed E-state index contributed by atoms with van der Waals surface area (Å²) in [5, 5.41) is 15.4. The van der Waals surface area contributed by atoms with Crippen molar-refractivity contribution in [3.05, 3.63) is 47.8 Å². The fourth-order valence-corrected chi connectivity index (χ4v) is 2.03. The number of benzene rings is 1. The zero-order chi connectivity index (χ0) is 16.7. The van der Waals surface area contributed by atoms with Crippen molar-refractivity contribution in [2.45, 2.75) is 19.4 Å². The number of aliphatic carboxylic acids is 1. The molecule has 0 radical (unpaired) electrons. The van der Waals surface area contributed by atoms with Crippen molar-refractivity contribution in [2.24, 2.45) is 0 Å². The van der Waals surface area contributed by atoms with E-state index in [4.69, 9.17) is 9.84 Å². The number of hydrogen-bond acceptors (Lipinski definition) is 4. The fraction of sp³-hybridized carbons (Fsp3) is 0.312. The minimum Gasteiger partial charge on any atom is -0.497 e. The molecule has 122 valence electrons. The highest BCUT2D eigenvalue weighted by molar-refractivity contribution is 5.93. The molecule has 0 aliphatic rings. The number of methoxy groups -OCH3 is 1. The van der Waals surface area contributed by atoms with E-state index < -0.39 is 5.97 Å². The molecular formula is C16H19N3O4. The van der Waals surface area contributed by atoms with Crippen molar-refractivity contribution in [2.75, 3.05) is 13.7 Å². The lowest BCUT2D eigenvalue weighted by molar-refractivity contribution is -0.137. The number of aryl methyl sites for hydroxylation is 1. The second-order valence-corrected chi connectivity index (χ2v) is 4.99.